The van der Waals surface area contributed by atoms with Crippen LogP contribution in [-0.2, 0) is 13.3 Å². The Balaban J connectivity index is 1.32. The molecule has 1 fully saturated rings. The van der Waals surface area contributed by atoms with Crippen LogP contribution >= 0.6 is 0 Å². The summed E-state index contributed by atoms with van der Waals surface area (Å²) in [5, 5.41) is 4.42. The molecule has 1 amide bonds. The van der Waals surface area contributed by atoms with Crippen LogP contribution in [0.4, 0.5) is 0 Å². The average Bonchev–Trinajstić information content (AvgIpc) is 3.33. The number of nitrogens with zero attached hydrogens (tertiary/aromatic N) is 4. The van der Waals surface area contributed by atoms with Gasteiger partial charge in [-0.25, -0.2) is 4.68 Å². The van der Waals surface area contributed by atoms with Crippen LogP contribution in [0.1, 0.15) is 21.6 Å². The Kier molecular flexibility index (Phi) is 7.14. The van der Waals surface area contributed by atoms with E-state index in [9.17, 15) is 4.79 Å². The first-order valence-corrected chi connectivity index (χ1v) is 11.0. The Bertz CT molecular complexity index is 1070. The number of ether oxygens (including phenoxy) is 3. The summed E-state index contributed by atoms with van der Waals surface area (Å²) in [6.07, 6.45) is 1.74. The third-order valence-electron chi connectivity index (χ3n) is 5.90. The molecule has 8 nitrogen and oxygen atoms in total. The minimum Gasteiger partial charge on any atom is -0.493 e. The van der Waals surface area contributed by atoms with Gasteiger partial charge in [0.2, 0.25) is 5.75 Å². The molecule has 1 aliphatic heterocycles. The van der Waals surface area contributed by atoms with E-state index in [1.54, 1.807) is 43.3 Å². The fraction of sp³-hybridized carbons (Fsp3) is 0.360. The Morgan fingerprint density at radius 3 is 2.30 bits per heavy atom. The molecule has 0 unspecified atom stereocenters. The van der Waals surface area contributed by atoms with Gasteiger partial charge in [0, 0.05) is 38.9 Å². The molecule has 0 N–H and O–H groups in total. The summed E-state index contributed by atoms with van der Waals surface area (Å²) in [7, 11) is 3.15. The number of rotatable bonds is 8. The molecule has 2 aromatic carbocycles. The van der Waals surface area contributed by atoms with Gasteiger partial charge in [0.1, 0.15) is 0 Å². The van der Waals surface area contributed by atoms with Crippen molar-refractivity contribution in [1.82, 2.24) is 19.6 Å². The zero-order valence-electron chi connectivity index (χ0n) is 19.4. The minimum absolute atomic E-state index is 0.0563. The van der Waals surface area contributed by atoms with Gasteiger partial charge in [-0.3, -0.25) is 9.69 Å². The largest absolute Gasteiger partial charge is 0.493 e. The molecule has 2 heterocycles. The normalized spacial score (nSPS) is 14.2. The minimum atomic E-state index is -0.0563. The Labute approximate surface area is 194 Å². The van der Waals surface area contributed by atoms with E-state index in [0.29, 0.717) is 36.0 Å². The van der Waals surface area contributed by atoms with E-state index in [0.717, 1.165) is 19.6 Å². The van der Waals surface area contributed by atoms with Gasteiger partial charge in [-0.2, -0.15) is 5.10 Å². The molecule has 0 aliphatic carbocycles. The number of benzene rings is 2. The second-order valence-corrected chi connectivity index (χ2v) is 8.00. The van der Waals surface area contributed by atoms with Gasteiger partial charge >= 0.3 is 0 Å². The summed E-state index contributed by atoms with van der Waals surface area (Å²) >= 11 is 0. The van der Waals surface area contributed by atoms with Crippen molar-refractivity contribution in [1.29, 1.82) is 0 Å². The number of piperazine rings is 1. The molecule has 0 atom stereocenters. The van der Waals surface area contributed by atoms with E-state index in [4.69, 9.17) is 14.2 Å². The molecule has 4 rings (SSSR count). The lowest BCUT2D eigenvalue weighted by molar-refractivity contribution is 0.0620. The highest BCUT2D eigenvalue weighted by atomic mass is 16.5. The maximum Gasteiger partial charge on any atom is 0.274 e. The number of para-hydroxylation sites is 1. The summed E-state index contributed by atoms with van der Waals surface area (Å²) in [5.41, 5.74) is 3.05. The van der Waals surface area contributed by atoms with Gasteiger partial charge in [0.25, 0.3) is 5.91 Å². The van der Waals surface area contributed by atoms with Gasteiger partial charge in [-0.1, -0.05) is 30.3 Å². The molecule has 174 valence electrons. The SMILES string of the molecule is COc1cccc(OC)c1OCn1ccc(C(=O)N2CCN(Cc3ccccc3C)CC2)n1. The number of aryl methyl sites for hydroxylation is 1. The Morgan fingerprint density at radius 2 is 1.64 bits per heavy atom. The zero-order valence-corrected chi connectivity index (χ0v) is 19.4. The van der Waals surface area contributed by atoms with Gasteiger partial charge < -0.3 is 19.1 Å². The molecule has 1 saturated heterocycles. The van der Waals surface area contributed by atoms with E-state index in [1.165, 1.54) is 11.1 Å². The van der Waals surface area contributed by atoms with Crippen LogP contribution in [0.15, 0.2) is 54.7 Å². The first-order valence-electron chi connectivity index (χ1n) is 11.0. The van der Waals surface area contributed by atoms with Crippen molar-refractivity contribution in [2.75, 3.05) is 40.4 Å². The lowest BCUT2D eigenvalue weighted by atomic mass is 10.1. The molecule has 1 aromatic heterocycles. The zero-order chi connectivity index (χ0) is 23.2. The number of amides is 1. The highest BCUT2D eigenvalue weighted by Gasteiger charge is 2.24. The second kappa shape index (κ2) is 10.4. The number of carbonyl (C=O) groups excluding carboxylic acids is 1. The Hall–Kier alpha value is -3.52. The van der Waals surface area contributed by atoms with Gasteiger partial charge in [0.05, 0.1) is 14.2 Å². The van der Waals surface area contributed by atoms with Crippen LogP contribution in [0, 0.1) is 6.92 Å². The van der Waals surface area contributed by atoms with Crippen molar-refractivity contribution >= 4 is 5.91 Å². The molecule has 3 aromatic rings. The molecule has 33 heavy (non-hydrogen) atoms. The summed E-state index contributed by atoms with van der Waals surface area (Å²) in [4.78, 5) is 17.2. The van der Waals surface area contributed by atoms with Crippen molar-refractivity contribution in [2.24, 2.45) is 0 Å². The van der Waals surface area contributed by atoms with Crippen LogP contribution < -0.4 is 14.2 Å². The van der Waals surface area contributed by atoms with E-state index in [2.05, 4.69) is 41.2 Å². The van der Waals surface area contributed by atoms with E-state index in [1.807, 2.05) is 11.0 Å². The lowest BCUT2D eigenvalue weighted by Gasteiger charge is -2.34. The third-order valence-corrected chi connectivity index (χ3v) is 5.90. The van der Waals surface area contributed by atoms with Crippen molar-refractivity contribution in [3.05, 3.63) is 71.5 Å². The molecular weight excluding hydrogens is 420 g/mol. The van der Waals surface area contributed by atoms with Crippen LogP contribution in [0.25, 0.3) is 0 Å². The van der Waals surface area contributed by atoms with Crippen LogP contribution in [0.5, 0.6) is 17.2 Å². The molecule has 0 radical (unpaired) electrons. The highest BCUT2D eigenvalue weighted by molar-refractivity contribution is 5.92. The van der Waals surface area contributed by atoms with Gasteiger partial charge in [-0.15, -0.1) is 0 Å². The average molecular weight is 451 g/mol. The topological polar surface area (TPSA) is 69.1 Å². The second-order valence-electron chi connectivity index (χ2n) is 8.00. The molecule has 8 heteroatoms. The van der Waals surface area contributed by atoms with Crippen molar-refractivity contribution in [2.45, 2.75) is 20.2 Å². The predicted molar refractivity (Wildman–Crippen MR) is 125 cm³/mol. The quantitative estimate of drug-likeness (QED) is 0.525. The van der Waals surface area contributed by atoms with Crippen LogP contribution in [0.2, 0.25) is 0 Å². The predicted octanol–water partition coefficient (Wildman–Crippen LogP) is 3.20. The molecule has 0 saturated carbocycles. The maximum absolute atomic E-state index is 13.0. The fourth-order valence-electron chi connectivity index (χ4n) is 3.94. The number of hydrogen-bond donors (Lipinski definition) is 0. The summed E-state index contributed by atoms with van der Waals surface area (Å²) < 4.78 is 18.2. The standard InChI is InChI=1S/C25H30N4O4/c1-19-7-4-5-8-20(19)17-27-13-15-28(16-14-27)25(30)21-11-12-29(26-21)18-33-24-22(31-2)9-6-10-23(24)32-3/h4-12H,13-18H2,1-3H3. The highest BCUT2D eigenvalue weighted by Crippen LogP contribution is 2.36. The van der Waals surface area contributed by atoms with E-state index >= 15 is 0 Å². The van der Waals surface area contributed by atoms with E-state index < -0.39 is 0 Å². The van der Waals surface area contributed by atoms with Crippen molar-refractivity contribution < 1.29 is 19.0 Å². The third kappa shape index (κ3) is 5.28. The number of hydrogen-bond acceptors (Lipinski definition) is 6. The summed E-state index contributed by atoms with van der Waals surface area (Å²) in [6.45, 7) is 6.24. The lowest BCUT2D eigenvalue weighted by Crippen LogP contribution is -2.48. The monoisotopic (exact) mass is 450 g/mol. The van der Waals surface area contributed by atoms with Gasteiger partial charge in [0.15, 0.2) is 23.9 Å². The van der Waals surface area contributed by atoms with Crippen LogP contribution in [0.3, 0.4) is 0 Å². The van der Waals surface area contributed by atoms with Crippen molar-refractivity contribution in [3.8, 4) is 17.2 Å². The Morgan fingerprint density at radius 1 is 0.939 bits per heavy atom. The smallest absolute Gasteiger partial charge is 0.274 e. The number of carbonyl (C=O) groups is 1. The summed E-state index contributed by atoms with van der Waals surface area (Å²) in [6, 6.07) is 15.6. The van der Waals surface area contributed by atoms with Crippen molar-refractivity contribution in [3.63, 3.8) is 0 Å². The molecule has 0 spiro atoms. The summed E-state index contributed by atoms with van der Waals surface area (Å²) in [5.74, 6) is 1.58. The molecule has 0 bridgehead atoms. The fourth-order valence-corrected chi connectivity index (χ4v) is 3.94. The molecular formula is C25H30N4O4. The number of aromatic nitrogens is 2. The maximum atomic E-state index is 13.0. The first-order chi connectivity index (χ1) is 16.1. The van der Waals surface area contributed by atoms with Crippen LogP contribution in [-0.4, -0.2) is 65.9 Å². The first kappa shape index (κ1) is 22.7. The van der Waals surface area contributed by atoms with E-state index in [-0.39, 0.29) is 12.6 Å². The van der Waals surface area contributed by atoms with Gasteiger partial charge in [-0.05, 0) is 36.2 Å². The number of methoxy groups -OCH3 is 2. The molecule has 1 aliphatic rings.